The molecule has 2 rings (SSSR count). The average molecular weight is 254 g/mol. The SMILES string of the molecule is CC(C(=O)OC1CCCC1)C(=O)OC1CCCC1. The Morgan fingerprint density at radius 1 is 0.833 bits per heavy atom. The first-order valence-corrected chi connectivity index (χ1v) is 7.08. The van der Waals surface area contributed by atoms with Crippen LogP contribution < -0.4 is 0 Å². The molecule has 0 unspecified atom stereocenters. The summed E-state index contributed by atoms with van der Waals surface area (Å²) in [5.74, 6) is -1.64. The zero-order valence-electron chi connectivity index (χ0n) is 11.0. The molecule has 102 valence electrons. The van der Waals surface area contributed by atoms with Crippen LogP contribution in [-0.4, -0.2) is 24.1 Å². The Morgan fingerprint density at radius 3 is 1.50 bits per heavy atom. The van der Waals surface area contributed by atoms with E-state index < -0.39 is 17.9 Å². The van der Waals surface area contributed by atoms with Gasteiger partial charge in [-0.05, 0) is 58.3 Å². The van der Waals surface area contributed by atoms with Gasteiger partial charge < -0.3 is 9.47 Å². The standard InChI is InChI=1S/C14H22O4/c1-10(13(15)17-11-6-2-3-7-11)14(16)18-12-8-4-5-9-12/h10-12H,2-9H2,1H3. The van der Waals surface area contributed by atoms with E-state index in [0.717, 1.165) is 51.4 Å². The normalized spacial score (nSPS) is 21.4. The highest BCUT2D eigenvalue weighted by atomic mass is 16.6. The van der Waals surface area contributed by atoms with E-state index in [0.29, 0.717) is 0 Å². The van der Waals surface area contributed by atoms with Crippen molar-refractivity contribution in [2.45, 2.75) is 70.5 Å². The third-order valence-electron chi connectivity index (χ3n) is 3.88. The Kier molecular flexibility index (Phi) is 4.61. The van der Waals surface area contributed by atoms with Crippen LogP contribution in [0.5, 0.6) is 0 Å². The number of carbonyl (C=O) groups excluding carboxylic acids is 2. The van der Waals surface area contributed by atoms with Gasteiger partial charge in [0.15, 0.2) is 5.92 Å². The minimum atomic E-state index is -0.786. The topological polar surface area (TPSA) is 52.6 Å². The summed E-state index contributed by atoms with van der Waals surface area (Å²) in [7, 11) is 0. The van der Waals surface area contributed by atoms with E-state index in [-0.39, 0.29) is 12.2 Å². The summed E-state index contributed by atoms with van der Waals surface area (Å²) < 4.78 is 10.6. The summed E-state index contributed by atoms with van der Waals surface area (Å²) in [6, 6.07) is 0. The molecule has 0 aromatic rings. The molecular weight excluding hydrogens is 232 g/mol. The van der Waals surface area contributed by atoms with Gasteiger partial charge in [-0.25, -0.2) is 0 Å². The molecule has 0 spiro atoms. The van der Waals surface area contributed by atoms with Crippen LogP contribution in [0.25, 0.3) is 0 Å². The fourth-order valence-electron chi connectivity index (χ4n) is 2.64. The maximum Gasteiger partial charge on any atom is 0.320 e. The van der Waals surface area contributed by atoms with Crippen LogP contribution in [0.3, 0.4) is 0 Å². The minimum Gasteiger partial charge on any atom is -0.462 e. The molecule has 4 heteroatoms. The van der Waals surface area contributed by atoms with Crippen LogP contribution >= 0.6 is 0 Å². The van der Waals surface area contributed by atoms with Gasteiger partial charge in [0.25, 0.3) is 0 Å². The van der Waals surface area contributed by atoms with Crippen LogP contribution in [0.1, 0.15) is 58.3 Å². The van der Waals surface area contributed by atoms with Crippen molar-refractivity contribution in [2.75, 3.05) is 0 Å². The largest absolute Gasteiger partial charge is 0.462 e. The number of carbonyl (C=O) groups is 2. The zero-order valence-corrected chi connectivity index (χ0v) is 11.0. The molecule has 0 heterocycles. The summed E-state index contributed by atoms with van der Waals surface area (Å²) in [6.45, 7) is 1.58. The van der Waals surface area contributed by atoms with Crippen molar-refractivity contribution >= 4 is 11.9 Å². The predicted octanol–water partition coefficient (Wildman–Crippen LogP) is 2.59. The number of hydrogen-bond acceptors (Lipinski definition) is 4. The first kappa shape index (κ1) is 13.4. The van der Waals surface area contributed by atoms with Crippen molar-refractivity contribution in [2.24, 2.45) is 5.92 Å². The van der Waals surface area contributed by atoms with Crippen molar-refractivity contribution in [3.63, 3.8) is 0 Å². The lowest BCUT2D eigenvalue weighted by atomic mass is 10.2. The smallest absolute Gasteiger partial charge is 0.320 e. The second kappa shape index (κ2) is 6.21. The second-order valence-corrected chi connectivity index (χ2v) is 5.41. The molecule has 2 aliphatic rings. The quantitative estimate of drug-likeness (QED) is 0.571. The van der Waals surface area contributed by atoms with Crippen LogP contribution in [0, 0.1) is 5.92 Å². The number of hydrogen-bond donors (Lipinski definition) is 0. The zero-order chi connectivity index (χ0) is 13.0. The summed E-state index contributed by atoms with van der Waals surface area (Å²) in [5, 5.41) is 0. The molecule has 0 bridgehead atoms. The van der Waals surface area contributed by atoms with E-state index >= 15 is 0 Å². The molecule has 0 saturated heterocycles. The first-order chi connectivity index (χ1) is 8.66. The summed E-state index contributed by atoms with van der Waals surface area (Å²) in [6.07, 6.45) is 8.17. The summed E-state index contributed by atoms with van der Waals surface area (Å²) in [5.41, 5.74) is 0. The second-order valence-electron chi connectivity index (χ2n) is 5.41. The van der Waals surface area contributed by atoms with E-state index in [9.17, 15) is 9.59 Å². The average Bonchev–Trinajstić information content (AvgIpc) is 3.01. The van der Waals surface area contributed by atoms with Gasteiger partial charge in [-0.1, -0.05) is 0 Å². The van der Waals surface area contributed by atoms with Gasteiger partial charge in [-0.15, -0.1) is 0 Å². The molecule has 0 aliphatic heterocycles. The molecule has 2 fully saturated rings. The third-order valence-corrected chi connectivity index (χ3v) is 3.88. The maximum absolute atomic E-state index is 11.8. The monoisotopic (exact) mass is 254 g/mol. The van der Waals surface area contributed by atoms with Crippen LogP contribution in [-0.2, 0) is 19.1 Å². The molecule has 0 aromatic carbocycles. The van der Waals surface area contributed by atoms with E-state index in [1.165, 1.54) is 0 Å². The van der Waals surface area contributed by atoms with Gasteiger partial charge in [-0.3, -0.25) is 9.59 Å². The molecule has 18 heavy (non-hydrogen) atoms. The molecule has 0 amide bonds. The molecule has 4 nitrogen and oxygen atoms in total. The molecule has 0 aromatic heterocycles. The fraction of sp³-hybridized carbons (Fsp3) is 0.857. The van der Waals surface area contributed by atoms with E-state index in [1.807, 2.05) is 0 Å². The lowest BCUT2D eigenvalue weighted by molar-refractivity contribution is -0.166. The van der Waals surface area contributed by atoms with Crippen LogP contribution in [0.15, 0.2) is 0 Å². The van der Waals surface area contributed by atoms with Crippen molar-refractivity contribution in [1.29, 1.82) is 0 Å². The molecule has 0 radical (unpaired) electrons. The summed E-state index contributed by atoms with van der Waals surface area (Å²) in [4.78, 5) is 23.6. The fourth-order valence-corrected chi connectivity index (χ4v) is 2.64. The molecule has 2 saturated carbocycles. The number of ether oxygens (including phenoxy) is 2. The predicted molar refractivity (Wildman–Crippen MR) is 65.9 cm³/mol. The Morgan fingerprint density at radius 2 is 1.17 bits per heavy atom. The minimum absolute atomic E-state index is 0.0132. The van der Waals surface area contributed by atoms with Crippen molar-refractivity contribution < 1.29 is 19.1 Å². The van der Waals surface area contributed by atoms with Crippen LogP contribution in [0.4, 0.5) is 0 Å². The van der Waals surface area contributed by atoms with Gasteiger partial charge in [0.1, 0.15) is 12.2 Å². The lowest BCUT2D eigenvalue weighted by Gasteiger charge is -2.17. The Labute approximate surface area is 108 Å². The van der Waals surface area contributed by atoms with Gasteiger partial charge in [0.05, 0.1) is 0 Å². The highest BCUT2D eigenvalue weighted by Gasteiger charge is 2.30. The Hall–Kier alpha value is -1.06. The number of rotatable bonds is 4. The highest BCUT2D eigenvalue weighted by molar-refractivity contribution is 5.94. The van der Waals surface area contributed by atoms with Crippen molar-refractivity contribution in [1.82, 2.24) is 0 Å². The van der Waals surface area contributed by atoms with Gasteiger partial charge in [0.2, 0.25) is 0 Å². The van der Waals surface area contributed by atoms with Gasteiger partial charge >= 0.3 is 11.9 Å². The highest BCUT2D eigenvalue weighted by Crippen LogP contribution is 2.24. The van der Waals surface area contributed by atoms with Crippen LogP contribution in [0.2, 0.25) is 0 Å². The van der Waals surface area contributed by atoms with E-state index in [1.54, 1.807) is 6.92 Å². The van der Waals surface area contributed by atoms with Crippen molar-refractivity contribution in [3.05, 3.63) is 0 Å². The number of esters is 2. The van der Waals surface area contributed by atoms with E-state index in [2.05, 4.69) is 0 Å². The lowest BCUT2D eigenvalue weighted by Crippen LogP contribution is -2.30. The van der Waals surface area contributed by atoms with Gasteiger partial charge in [-0.2, -0.15) is 0 Å². The van der Waals surface area contributed by atoms with Gasteiger partial charge in [0, 0.05) is 0 Å². The van der Waals surface area contributed by atoms with E-state index in [4.69, 9.17) is 9.47 Å². The molecule has 0 N–H and O–H groups in total. The summed E-state index contributed by atoms with van der Waals surface area (Å²) >= 11 is 0. The molecule has 2 aliphatic carbocycles. The molecule has 0 atom stereocenters. The molecular formula is C14H22O4. The maximum atomic E-state index is 11.8. The Bertz CT molecular complexity index is 271. The third kappa shape index (κ3) is 3.47. The first-order valence-electron chi connectivity index (χ1n) is 7.08. The Balaban J connectivity index is 1.75. The van der Waals surface area contributed by atoms with Crippen molar-refractivity contribution in [3.8, 4) is 0 Å².